The van der Waals surface area contributed by atoms with Gasteiger partial charge in [0.2, 0.25) is 0 Å². The number of carbonyl (C=O) groups is 2. The van der Waals surface area contributed by atoms with Gasteiger partial charge in [-0.2, -0.15) is 5.10 Å². The third-order valence-electron chi connectivity index (χ3n) is 6.24. The number of carboxylic acid groups (broad SMARTS) is 1. The lowest BCUT2D eigenvalue weighted by Crippen LogP contribution is -2.27. The maximum Gasteiger partial charge on any atom is 0.459 e. The smallest absolute Gasteiger partial charge is 0.459 e. The molecule has 3 heterocycles. The van der Waals surface area contributed by atoms with Crippen LogP contribution >= 0.6 is 7.75 Å². The number of para-hydroxylation sites is 1. The Morgan fingerprint density at radius 2 is 1.82 bits per heavy atom. The van der Waals surface area contributed by atoms with Gasteiger partial charge in [0.15, 0.2) is 5.82 Å². The predicted molar refractivity (Wildman–Crippen MR) is 167 cm³/mol. The lowest BCUT2D eigenvalue weighted by Gasteiger charge is -2.21. The number of nitrogens with zero attached hydrogens (tertiary/aromatic N) is 3. The van der Waals surface area contributed by atoms with Gasteiger partial charge in [0, 0.05) is 0 Å². The van der Waals surface area contributed by atoms with Crippen LogP contribution in [0.1, 0.15) is 73.1 Å². The Bertz CT molecular complexity index is 1370. The zero-order valence-corrected chi connectivity index (χ0v) is 27.4. The number of carboxylic acids is 1. The van der Waals surface area contributed by atoms with E-state index in [0.29, 0.717) is 18.0 Å². The van der Waals surface area contributed by atoms with Crippen molar-refractivity contribution in [2.45, 2.75) is 79.6 Å². The molecule has 4 N–H and O–H groups in total. The quantitative estimate of drug-likeness (QED) is 0.164. The molecule has 0 amide bonds. The number of nitrogens with one attached hydrogen (secondary N) is 1. The average Bonchev–Trinajstić information content (AvgIpc) is 3.57. The van der Waals surface area contributed by atoms with Crippen molar-refractivity contribution in [2.75, 3.05) is 18.9 Å². The highest BCUT2D eigenvalue weighted by Crippen LogP contribution is 2.45. The van der Waals surface area contributed by atoms with E-state index < -0.39 is 19.7 Å². The summed E-state index contributed by atoms with van der Waals surface area (Å²) in [6.07, 6.45) is 2.12. The van der Waals surface area contributed by atoms with Gasteiger partial charge in [0.25, 0.3) is 0 Å². The van der Waals surface area contributed by atoms with Crippen molar-refractivity contribution in [3.05, 3.63) is 54.5 Å². The van der Waals surface area contributed by atoms with Crippen LogP contribution in [0.5, 0.6) is 5.75 Å². The van der Waals surface area contributed by atoms with Gasteiger partial charge in [0.1, 0.15) is 30.2 Å². The molecule has 14 heteroatoms. The number of esters is 1. The molecule has 0 bridgehead atoms. The molecule has 0 radical (unpaired) electrons. The summed E-state index contributed by atoms with van der Waals surface area (Å²) < 4.78 is 37.9. The van der Waals surface area contributed by atoms with Crippen LogP contribution in [0.15, 0.2) is 48.8 Å². The molecule has 4 rings (SSSR count). The number of nitrogen functional groups attached to an aromatic ring is 1. The fourth-order valence-electron chi connectivity index (χ4n) is 4.17. The largest absolute Gasteiger partial charge is 0.481 e. The van der Waals surface area contributed by atoms with Crippen LogP contribution in [-0.4, -0.2) is 57.0 Å². The van der Waals surface area contributed by atoms with Crippen molar-refractivity contribution < 1.29 is 37.8 Å². The van der Waals surface area contributed by atoms with Crippen LogP contribution in [0.3, 0.4) is 0 Å². The molecule has 0 aliphatic carbocycles. The van der Waals surface area contributed by atoms with Crippen molar-refractivity contribution in [2.24, 2.45) is 11.8 Å². The van der Waals surface area contributed by atoms with E-state index in [4.69, 9.17) is 29.4 Å². The third kappa shape index (κ3) is 11.2. The Hall–Kier alpha value is -3.51. The highest BCUT2D eigenvalue weighted by Gasteiger charge is 2.36. The number of rotatable bonds is 12. The van der Waals surface area contributed by atoms with Crippen molar-refractivity contribution in [1.82, 2.24) is 19.7 Å². The molecule has 0 saturated carbocycles. The molecule has 0 spiro atoms. The Kier molecular flexibility index (Phi) is 14.8. The van der Waals surface area contributed by atoms with Gasteiger partial charge in [-0.05, 0) is 56.9 Å². The zero-order valence-electron chi connectivity index (χ0n) is 26.5. The van der Waals surface area contributed by atoms with Gasteiger partial charge in [0.05, 0.1) is 30.4 Å². The summed E-state index contributed by atoms with van der Waals surface area (Å²) in [5.74, 6) is -0.533. The molecule has 1 fully saturated rings. The van der Waals surface area contributed by atoms with Crippen LogP contribution in [0.4, 0.5) is 5.82 Å². The molecular formula is C30H46N5O8P. The number of aromatic nitrogens is 3. The van der Waals surface area contributed by atoms with E-state index in [2.05, 4.69) is 22.1 Å². The van der Waals surface area contributed by atoms with Crippen molar-refractivity contribution in [3.8, 4) is 5.75 Å². The minimum Gasteiger partial charge on any atom is -0.481 e. The Balaban J connectivity index is 0.000000755. The summed E-state index contributed by atoms with van der Waals surface area (Å²) in [5.41, 5.74) is 7.59. The average molecular weight is 636 g/mol. The Labute approximate surface area is 259 Å². The maximum atomic E-state index is 13.4. The van der Waals surface area contributed by atoms with Crippen LogP contribution in [0, 0.1) is 11.8 Å². The second-order valence-electron chi connectivity index (χ2n) is 10.5. The number of nitrogens with two attached hydrogens (primary N) is 1. The molecule has 4 atom stereocenters. The van der Waals surface area contributed by atoms with Crippen LogP contribution in [-0.2, 0) is 28.2 Å². The highest BCUT2D eigenvalue weighted by atomic mass is 31.2. The fourth-order valence-corrected chi connectivity index (χ4v) is 5.44. The lowest BCUT2D eigenvalue weighted by atomic mass is 9.99. The van der Waals surface area contributed by atoms with Gasteiger partial charge < -0.3 is 24.8 Å². The van der Waals surface area contributed by atoms with Crippen LogP contribution in [0.25, 0.3) is 5.52 Å². The number of anilines is 1. The van der Waals surface area contributed by atoms with Crippen LogP contribution in [0.2, 0.25) is 0 Å². The number of carbonyl (C=O) groups excluding carboxylic acids is 1. The normalized spacial score (nSPS) is 19.0. The minimum atomic E-state index is -3.85. The number of benzene rings is 1. The first-order valence-electron chi connectivity index (χ1n) is 14.8. The predicted octanol–water partition coefficient (Wildman–Crippen LogP) is 5.67. The summed E-state index contributed by atoms with van der Waals surface area (Å²) in [6, 6.07) is 12.5. The lowest BCUT2D eigenvalue weighted by molar-refractivity contribution is -0.146. The molecule has 3 aromatic rings. The monoisotopic (exact) mass is 635 g/mol. The number of hydrogen-bond donors (Lipinski definition) is 3. The summed E-state index contributed by atoms with van der Waals surface area (Å²) in [5, 5.41) is 14.9. The SMILES string of the molecule is CC.CC(C)C(=O)O.CC(C)OC(=O)CNP(=O)(OCCC1CC(C)C(c2ccc3c(N)ncnn23)O1)Oc1ccccc1. The first-order valence-corrected chi connectivity index (χ1v) is 16.3. The fraction of sp³-hybridized carbons (Fsp3) is 0.533. The molecule has 2 aromatic heterocycles. The molecule has 1 saturated heterocycles. The van der Waals surface area contributed by atoms with Crippen LogP contribution < -0.4 is 15.3 Å². The van der Waals surface area contributed by atoms with Crippen molar-refractivity contribution in [3.63, 3.8) is 0 Å². The van der Waals surface area contributed by atoms with Gasteiger partial charge in [-0.25, -0.2) is 19.2 Å². The maximum absolute atomic E-state index is 13.4. The van der Waals surface area contributed by atoms with E-state index in [1.54, 1.807) is 56.5 Å². The second-order valence-corrected chi connectivity index (χ2v) is 12.2. The van der Waals surface area contributed by atoms with E-state index >= 15 is 0 Å². The Morgan fingerprint density at radius 3 is 2.43 bits per heavy atom. The molecule has 44 heavy (non-hydrogen) atoms. The zero-order chi connectivity index (χ0) is 32.9. The van der Waals surface area contributed by atoms with Crippen molar-refractivity contribution >= 4 is 31.0 Å². The molecule has 1 aliphatic rings. The van der Waals surface area contributed by atoms with Gasteiger partial charge >= 0.3 is 19.7 Å². The number of hydrogen-bond acceptors (Lipinski definition) is 10. The van der Waals surface area contributed by atoms with Gasteiger partial charge in [-0.15, -0.1) is 0 Å². The van der Waals surface area contributed by atoms with Gasteiger partial charge in [-0.1, -0.05) is 52.8 Å². The standard InChI is InChI=1S/C24H32N5O6P.C4H8O2.C2H6/c1-16(2)33-22(30)14-28-36(31,35-18-7-5-4-6-8-18)32-12-11-19-13-17(3)23(34-19)20-9-10-21-24(25)26-15-27-29(20)21;1-3(2)4(5)6;1-2/h4-10,15-17,19,23H,11-14H2,1-3H3,(H,28,31)(H2,25,26,27);3H,1-2H3,(H,5,6);1-2H3. The second kappa shape index (κ2) is 17.7. The van der Waals surface area contributed by atoms with Crippen molar-refractivity contribution in [1.29, 1.82) is 0 Å². The Morgan fingerprint density at radius 1 is 1.16 bits per heavy atom. The summed E-state index contributed by atoms with van der Waals surface area (Å²) >= 11 is 0. The minimum absolute atomic E-state index is 0.102. The highest BCUT2D eigenvalue weighted by molar-refractivity contribution is 7.52. The summed E-state index contributed by atoms with van der Waals surface area (Å²) in [7, 11) is -3.85. The molecule has 1 aromatic carbocycles. The van der Waals surface area contributed by atoms with E-state index in [-0.39, 0.29) is 43.3 Å². The van der Waals surface area contributed by atoms with E-state index in [9.17, 15) is 14.2 Å². The molecular weight excluding hydrogens is 589 g/mol. The molecule has 4 unspecified atom stereocenters. The number of aliphatic carboxylic acids is 1. The van der Waals surface area contributed by atoms with E-state index in [1.165, 1.54) is 6.33 Å². The summed E-state index contributed by atoms with van der Waals surface area (Å²) in [4.78, 5) is 25.7. The summed E-state index contributed by atoms with van der Waals surface area (Å²) in [6.45, 7) is 12.7. The first kappa shape index (κ1) is 36.7. The van der Waals surface area contributed by atoms with E-state index in [0.717, 1.165) is 17.6 Å². The molecule has 244 valence electrons. The first-order chi connectivity index (χ1) is 20.9. The van der Waals surface area contributed by atoms with Gasteiger partial charge in [-0.3, -0.25) is 14.1 Å². The molecule has 1 aliphatic heterocycles. The third-order valence-corrected chi connectivity index (χ3v) is 7.76. The molecule has 13 nitrogen and oxygen atoms in total. The van der Waals surface area contributed by atoms with E-state index in [1.807, 2.05) is 32.0 Å². The number of fused-ring (bicyclic) bond motifs is 1. The number of ether oxygens (including phenoxy) is 2. The topological polar surface area (TPSA) is 177 Å².